The van der Waals surface area contributed by atoms with Crippen LogP contribution in [0.4, 0.5) is 5.69 Å². The molecule has 3 aromatic carbocycles. The number of sulfonamides is 1. The molecule has 0 atom stereocenters. The van der Waals surface area contributed by atoms with E-state index in [-0.39, 0.29) is 12.5 Å². The van der Waals surface area contributed by atoms with Gasteiger partial charge in [-0.3, -0.25) is 9.10 Å². The standard InChI is InChI=1S/C30H32N4O3S/c1-21-11-16-29(22(2)17-21)34-23(3)18-27(24(34)4)19-31-32-30(35)26-12-14-28(15-13-26)33(38(5,36)37)20-25-9-7-6-8-10-25/h6-19H,20H2,1-5H3,(H,32,35)/b31-19+. The molecule has 0 saturated carbocycles. The number of benzene rings is 3. The molecule has 0 bridgehead atoms. The first kappa shape index (κ1) is 26.9. The normalized spacial score (nSPS) is 11.6. The van der Waals surface area contributed by atoms with Crippen LogP contribution < -0.4 is 9.73 Å². The second kappa shape index (κ2) is 11.1. The third kappa shape index (κ3) is 6.03. The maximum atomic E-state index is 12.7. The van der Waals surface area contributed by atoms with Crippen LogP contribution in [-0.4, -0.2) is 31.4 Å². The molecular weight excluding hydrogens is 496 g/mol. The highest BCUT2D eigenvalue weighted by molar-refractivity contribution is 7.92. The monoisotopic (exact) mass is 528 g/mol. The largest absolute Gasteiger partial charge is 0.318 e. The van der Waals surface area contributed by atoms with Crippen LogP contribution in [0, 0.1) is 27.7 Å². The van der Waals surface area contributed by atoms with Gasteiger partial charge in [-0.2, -0.15) is 5.10 Å². The SMILES string of the molecule is Cc1ccc(-n2c(C)cc(/C=N/NC(=O)c3ccc(N(Cc4ccccc4)S(C)(=O)=O)cc3)c2C)c(C)c1. The number of rotatable bonds is 8. The minimum Gasteiger partial charge on any atom is -0.318 e. The second-order valence-corrected chi connectivity index (χ2v) is 11.4. The number of hydrogen-bond donors (Lipinski definition) is 1. The van der Waals surface area contributed by atoms with E-state index < -0.39 is 10.0 Å². The summed E-state index contributed by atoms with van der Waals surface area (Å²) < 4.78 is 28.4. The number of amides is 1. The Balaban J connectivity index is 1.47. The number of carbonyl (C=O) groups is 1. The highest BCUT2D eigenvalue weighted by Gasteiger charge is 2.18. The first-order chi connectivity index (χ1) is 18.0. The Bertz CT molecular complexity index is 1590. The second-order valence-electron chi connectivity index (χ2n) is 9.45. The molecule has 0 saturated heterocycles. The van der Waals surface area contributed by atoms with Gasteiger partial charge >= 0.3 is 0 Å². The number of aryl methyl sites for hydroxylation is 3. The molecule has 0 radical (unpaired) electrons. The average Bonchev–Trinajstić information content (AvgIpc) is 3.15. The molecule has 0 unspecified atom stereocenters. The third-order valence-corrected chi connectivity index (χ3v) is 7.56. The van der Waals surface area contributed by atoms with Crippen molar-refractivity contribution < 1.29 is 13.2 Å². The zero-order chi connectivity index (χ0) is 27.4. The van der Waals surface area contributed by atoms with E-state index in [9.17, 15) is 13.2 Å². The Hall–Kier alpha value is -4.17. The van der Waals surface area contributed by atoms with E-state index in [2.05, 4.69) is 47.1 Å². The lowest BCUT2D eigenvalue weighted by molar-refractivity contribution is 0.0955. The molecule has 1 N–H and O–H groups in total. The van der Waals surface area contributed by atoms with Gasteiger partial charge in [0.15, 0.2) is 0 Å². The molecule has 1 amide bonds. The van der Waals surface area contributed by atoms with Crippen molar-refractivity contribution in [2.24, 2.45) is 5.10 Å². The fourth-order valence-corrected chi connectivity index (χ4v) is 5.39. The Morgan fingerprint density at radius 1 is 0.947 bits per heavy atom. The van der Waals surface area contributed by atoms with Gasteiger partial charge in [-0.05, 0) is 75.2 Å². The van der Waals surface area contributed by atoms with Crippen molar-refractivity contribution in [1.29, 1.82) is 0 Å². The van der Waals surface area contributed by atoms with Crippen LogP contribution in [0.25, 0.3) is 5.69 Å². The van der Waals surface area contributed by atoms with Gasteiger partial charge in [-0.25, -0.2) is 13.8 Å². The summed E-state index contributed by atoms with van der Waals surface area (Å²) in [6.07, 6.45) is 2.81. The quantitative estimate of drug-likeness (QED) is 0.244. The van der Waals surface area contributed by atoms with Crippen LogP contribution in [-0.2, 0) is 16.6 Å². The lowest BCUT2D eigenvalue weighted by Gasteiger charge is -2.22. The number of nitrogens with zero attached hydrogens (tertiary/aromatic N) is 3. The number of nitrogens with one attached hydrogen (secondary N) is 1. The van der Waals surface area contributed by atoms with Crippen LogP contribution in [0.5, 0.6) is 0 Å². The Morgan fingerprint density at radius 3 is 2.26 bits per heavy atom. The van der Waals surface area contributed by atoms with Gasteiger partial charge in [-0.1, -0.05) is 48.0 Å². The van der Waals surface area contributed by atoms with Gasteiger partial charge in [0.05, 0.1) is 24.7 Å². The van der Waals surface area contributed by atoms with Gasteiger partial charge in [0.25, 0.3) is 5.91 Å². The van der Waals surface area contributed by atoms with Crippen LogP contribution in [0.15, 0.2) is 84.0 Å². The van der Waals surface area contributed by atoms with E-state index in [4.69, 9.17) is 0 Å². The Kier molecular flexibility index (Phi) is 7.83. The smallest absolute Gasteiger partial charge is 0.271 e. The summed E-state index contributed by atoms with van der Waals surface area (Å²) in [4.78, 5) is 12.7. The lowest BCUT2D eigenvalue weighted by atomic mass is 10.1. The zero-order valence-corrected chi connectivity index (χ0v) is 23.1. The van der Waals surface area contributed by atoms with Crippen molar-refractivity contribution in [3.05, 3.63) is 118 Å². The predicted molar refractivity (Wildman–Crippen MR) is 154 cm³/mol. The molecule has 196 valence electrons. The van der Waals surface area contributed by atoms with Crippen LogP contribution in [0.1, 0.15) is 44.0 Å². The molecule has 0 aliphatic heterocycles. The molecule has 38 heavy (non-hydrogen) atoms. The number of aromatic nitrogens is 1. The molecule has 7 nitrogen and oxygen atoms in total. The van der Waals surface area contributed by atoms with Gasteiger partial charge in [0.2, 0.25) is 10.0 Å². The molecule has 0 aliphatic rings. The van der Waals surface area contributed by atoms with Crippen molar-refractivity contribution >= 4 is 27.8 Å². The van der Waals surface area contributed by atoms with E-state index in [1.807, 2.05) is 50.2 Å². The van der Waals surface area contributed by atoms with Crippen molar-refractivity contribution in [3.8, 4) is 5.69 Å². The van der Waals surface area contributed by atoms with Gasteiger partial charge in [0.1, 0.15) is 0 Å². The molecule has 4 aromatic rings. The highest BCUT2D eigenvalue weighted by atomic mass is 32.2. The highest BCUT2D eigenvalue weighted by Crippen LogP contribution is 2.24. The molecule has 0 fully saturated rings. The topological polar surface area (TPSA) is 83.8 Å². The molecular formula is C30H32N4O3S. The molecule has 4 rings (SSSR count). The predicted octanol–water partition coefficient (Wildman–Crippen LogP) is 5.44. The van der Waals surface area contributed by atoms with Gasteiger partial charge < -0.3 is 4.57 Å². The fraction of sp³-hybridized carbons (Fsp3) is 0.200. The van der Waals surface area contributed by atoms with E-state index >= 15 is 0 Å². The average molecular weight is 529 g/mol. The fourth-order valence-electron chi connectivity index (χ4n) is 4.50. The molecule has 8 heteroatoms. The molecule has 0 spiro atoms. The summed E-state index contributed by atoms with van der Waals surface area (Å²) in [6.45, 7) is 8.44. The molecule has 1 aromatic heterocycles. The number of hydrogen-bond acceptors (Lipinski definition) is 4. The summed E-state index contributed by atoms with van der Waals surface area (Å²) in [7, 11) is -3.52. The minimum atomic E-state index is -3.52. The van der Waals surface area contributed by atoms with Crippen LogP contribution >= 0.6 is 0 Å². The summed E-state index contributed by atoms with van der Waals surface area (Å²) in [5, 5.41) is 4.17. The molecule has 1 heterocycles. The summed E-state index contributed by atoms with van der Waals surface area (Å²) in [5.41, 5.74) is 10.8. The molecule has 0 aliphatic carbocycles. The van der Waals surface area contributed by atoms with Crippen molar-refractivity contribution in [3.63, 3.8) is 0 Å². The minimum absolute atomic E-state index is 0.204. The third-order valence-electron chi connectivity index (χ3n) is 6.42. The number of anilines is 1. The maximum Gasteiger partial charge on any atom is 0.271 e. The van der Waals surface area contributed by atoms with Crippen LogP contribution in [0.3, 0.4) is 0 Å². The summed E-state index contributed by atoms with van der Waals surface area (Å²) >= 11 is 0. The first-order valence-corrected chi connectivity index (χ1v) is 14.1. The van der Waals surface area contributed by atoms with Crippen molar-refractivity contribution in [2.75, 3.05) is 10.6 Å². The van der Waals surface area contributed by atoms with Crippen molar-refractivity contribution in [2.45, 2.75) is 34.2 Å². The van der Waals surface area contributed by atoms with Crippen LogP contribution in [0.2, 0.25) is 0 Å². The number of hydrazone groups is 1. The van der Waals surface area contributed by atoms with E-state index in [1.165, 1.54) is 21.7 Å². The van der Waals surface area contributed by atoms with Gasteiger partial charge in [0, 0.05) is 28.2 Å². The Labute approximate surface area is 224 Å². The first-order valence-electron chi connectivity index (χ1n) is 12.3. The van der Waals surface area contributed by atoms with Crippen molar-refractivity contribution in [1.82, 2.24) is 9.99 Å². The number of carbonyl (C=O) groups excluding carboxylic acids is 1. The lowest BCUT2D eigenvalue weighted by Crippen LogP contribution is -2.29. The van der Waals surface area contributed by atoms with E-state index in [0.29, 0.717) is 11.3 Å². The van der Waals surface area contributed by atoms with E-state index in [1.54, 1.807) is 30.5 Å². The zero-order valence-electron chi connectivity index (χ0n) is 22.3. The summed E-state index contributed by atoms with van der Waals surface area (Å²) in [6, 6.07) is 24.2. The Morgan fingerprint density at radius 2 is 1.63 bits per heavy atom. The van der Waals surface area contributed by atoms with E-state index in [0.717, 1.165) is 28.2 Å². The van der Waals surface area contributed by atoms with Gasteiger partial charge in [-0.15, -0.1) is 0 Å². The summed E-state index contributed by atoms with van der Waals surface area (Å²) in [5.74, 6) is -0.384. The maximum absolute atomic E-state index is 12.7.